The first kappa shape index (κ1) is 18.7. The maximum absolute atomic E-state index is 5.47. The molecule has 148 valence electrons. The van der Waals surface area contributed by atoms with Gasteiger partial charge < -0.3 is 24.5 Å². The second kappa shape index (κ2) is 8.15. The van der Waals surface area contributed by atoms with Gasteiger partial charge in [-0.1, -0.05) is 13.0 Å². The van der Waals surface area contributed by atoms with E-state index in [2.05, 4.69) is 48.4 Å². The number of hydrogen-bond donors (Lipinski definition) is 2. The van der Waals surface area contributed by atoms with Crippen molar-refractivity contribution in [1.82, 2.24) is 10.3 Å². The van der Waals surface area contributed by atoms with Crippen molar-refractivity contribution < 1.29 is 14.2 Å². The van der Waals surface area contributed by atoms with Crippen molar-refractivity contribution >= 4 is 10.9 Å². The zero-order valence-electron chi connectivity index (χ0n) is 16.8. The van der Waals surface area contributed by atoms with E-state index < -0.39 is 0 Å². The van der Waals surface area contributed by atoms with Gasteiger partial charge in [0.2, 0.25) is 6.79 Å². The zero-order chi connectivity index (χ0) is 19.5. The fraction of sp³-hybridized carbons (Fsp3) is 0.391. The Labute approximate surface area is 166 Å². The number of methoxy groups -OCH3 is 1. The Morgan fingerprint density at radius 3 is 2.86 bits per heavy atom. The number of fused-ring (bicyclic) bond motifs is 2. The summed E-state index contributed by atoms with van der Waals surface area (Å²) in [4.78, 5) is 3.48. The molecule has 1 aromatic heterocycles. The Morgan fingerprint density at radius 1 is 1.14 bits per heavy atom. The van der Waals surface area contributed by atoms with Crippen molar-refractivity contribution in [3.63, 3.8) is 0 Å². The first-order valence-corrected chi connectivity index (χ1v) is 9.88. The van der Waals surface area contributed by atoms with E-state index in [9.17, 15) is 0 Å². The lowest BCUT2D eigenvalue weighted by molar-refractivity contribution is 0.174. The molecular weight excluding hydrogens is 352 g/mol. The van der Waals surface area contributed by atoms with Gasteiger partial charge >= 0.3 is 0 Å². The molecule has 0 amide bonds. The fourth-order valence-corrected chi connectivity index (χ4v) is 3.91. The van der Waals surface area contributed by atoms with Gasteiger partial charge in [-0.3, -0.25) is 0 Å². The molecule has 28 heavy (non-hydrogen) atoms. The SMILES string of the molecule is COc1ccc2[nH]c(C)c(CCNCC(C)Cc3ccc4c(c3)OCO4)c2c1. The number of ether oxygens (including phenoxy) is 3. The highest BCUT2D eigenvalue weighted by Crippen LogP contribution is 2.33. The van der Waals surface area contributed by atoms with Crippen LogP contribution in [0.3, 0.4) is 0 Å². The van der Waals surface area contributed by atoms with Crippen molar-refractivity contribution in [2.75, 3.05) is 27.0 Å². The normalized spacial score (nSPS) is 13.8. The van der Waals surface area contributed by atoms with Gasteiger partial charge in [0, 0.05) is 16.6 Å². The van der Waals surface area contributed by atoms with Crippen LogP contribution in [0.4, 0.5) is 0 Å². The lowest BCUT2D eigenvalue weighted by Crippen LogP contribution is -2.24. The van der Waals surface area contributed by atoms with Crippen LogP contribution in [0.5, 0.6) is 17.2 Å². The molecule has 1 atom stereocenters. The van der Waals surface area contributed by atoms with Crippen LogP contribution >= 0.6 is 0 Å². The van der Waals surface area contributed by atoms with Gasteiger partial charge in [-0.2, -0.15) is 0 Å². The van der Waals surface area contributed by atoms with Crippen LogP contribution in [0.25, 0.3) is 10.9 Å². The Kier molecular flexibility index (Phi) is 5.44. The quantitative estimate of drug-likeness (QED) is 0.575. The molecule has 0 spiro atoms. The van der Waals surface area contributed by atoms with E-state index in [1.54, 1.807) is 7.11 Å². The Morgan fingerprint density at radius 2 is 2.00 bits per heavy atom. The summed E-state index contributed by atoms with van der Waals surface area (Å²) in [5, 5.41) is 4.87. The third-order valence-corrected chi connectivity index (χ3v) is 5.39. The third-order valence-electron chi connectivity index (χ3n) is 5.39. The van der Waals surface area contributed by atoms with Gasteiger partial charge in [0.1, 0.15) is 5.75 Å². The van der Waals surface area contributed by atoms with Crippen LogP contribution in [0, 0.1) is 12.8 Å². The van der Waals surface area contributed by atoms with E-state index in [0.717, 1.165) is 43.2 Å². The minimum Gasteiger partial charge on any atom is -0.497 e. The average Bonchev–Trinajstić information content (AvgIpc) is 3.28. The summed E-state index contributed by atoms with van der Waals surface area (Å²) in [6.07, 6.45) is 2.02. The lowest BCUT2D eigenvalue weighted by atomic mass is 10.0. The first-order valence-electron chi connectivity index (χ1n) is 9.88. The van der Waals surface area contributed by atoms with Crippen molar-refractivity contribution in [1.29, 1.82) is 0 Å². The molecule has 5 nitrogen and oxygen atoms in total. The predicted molar refractivity (Wildman–Crippen MR) is 112 cm³/mol. The summed E-state index contributed by atoms with van der Waals surface area (Å²) >= 11 is 0. The summed E-state index contributed by atoms with van der Waals surface area (Å²) in [5.41, 5.74) is 5.06. The molecule has 0 bridgehead atoms. The van der Waals surface area contributed by atoms with E-state index in [-0.39, 0.29) is 0 Å². The van der Waals surface area contributed by atoms with E-state index in [4.69, 9.17) is 14.2 Å². The molecule has 5 heteroatoms. The van der Waals surface area contributed by atoms with Crippen LogP contribution < -0.4 is 19.5 Å². The molecule has 0 aliphatic carbocycles. The number of benzene rings is 2. The molecule has 1 aliphatic rings. The van der Waals surface area contributed by atoms with E-state index in [1.807, 2.05) is 12.1 Å². The average molecular weight is 380 g/mol. The number of aromatic nitrogens is 1. The second-order valence-corrected chi connectivity index (χ2v) is 7.59. The van der Waals surface area contributed by atoms with E-state index >= 15 is 0 Å². The van der Waals surface area contributed by atoms with Crippen LogP contribution in [0.2, 0.25) is 0 Å². The smallest absolute Gasteiger partial charge is 0.231 e. The molecule has 0 radical (unpaired) electrons. The topological polar surface area (TPSA) is 55.5 Å². The predicted octanol–water partition coefficient (Wildman–Crippen LogP) is 4.22. The Balaban J connectivity index is 1.30. The highest BCUT2D eigenvalue weighted by molar-refractivity contribution is 5.86. The molecule has 3 aromatic rings. The minimum absolute atomic E-state index is 0.328. The van der Waals surface area contributed by atoms with Gasteiger partial charge in [0.05, 0.1) is 7.11 Å². The number of aryl methyl sites for hydroxylation is 1. The van der Waals surface area contributed by atoms with Crippen LogP contribution in [0.1, 0.15) is 23.7 Å². The first-order chi connectivity index (χ1) is 13.6. The van der Waals surface area contributed by atoms with E-state index in [1.165, 1.54) is 27.7 Å². The monoisotopic (exact) mass is 380 g/mol. The van der Waals surface area contributed by atoms with Gasteiger partial charge in [-0.15, -0.1) is 0 Å². The molecule has 0 fully saturated rings. The molecule has 4 rings (SSSR count). The highest BCUT2D eigenvalue weighted by Gasteiger charge is 2.14. The van der Waals surface area contributed by atoms with Crippen LogP contribution in [0.15, 0.2) is 36.4 Å². The van der Waals surface area contributed by atoms with E-state index in [0.29, 0.717) is 12.7 Å². The molecule has 1 unspecified atom stereocenters. The number of aromatic amines is 1. The van der Waals surface area contributed by atoms with Crippen molar-refractivity contribution in [3.05, 3.63) is 53.2 Å². The standard InChI is InChI=1S/C23H28N2O3/c1-15(10-17-4-7-22-23(11-17)28-14-27-22)13-24-9-8-19-16(2)25-21-6-5-18(26-3)12-20(19)21/h4-7,11-12,15,24-25H,8-10,13-14H2,1-3H3. The Hall–Kier alpha value is -2.66. The van der Waals surface area contributed by atoms with Crippen molar-refractivity contribution in [2.24, 2.45) is 5.92 Å². The zero-order valence-corrected chi connectivity index (χ0v) is 16.8. The summed E-state index contributed by atoms with van der Waals surface area (Å²) in [7, 11) is 1.71. The molecule has 2 aromatic carbocycles. The van der Waals surface area contributed by atoms with Crippen molar-refractivity contribution in [2.45, 2.75) is 26.7 Å². The number of nitrogens with one attached hydrogen (secondary N) is 2. The number of hydrogen-bond acceptors (Lipinski definition) is 4. The fourth-order valence-electron chi connectivity index (χ4n) is 3.91. The summed E-state index contributed by atoms with van der Waals surface area (Å²) < 4.78 is 16.2. The largest absolute Gasteiger partial charge is 0.497 e. The number of H-pyrrole nitrogens is 1. The van der Waals surface area contributed by atoms with Crippen molar-refractivity contribution in [3.8, 4) is 17.2 Å². The van der Waals surface area contributed by atoms with Crippen LogP contribution in [-0.4, -0.2) is 32.0 Å². The van der Waals surface area contributed by atoms with Gasteiger partial charge in [0.25, 0.3) is 0 Å². The van der Waals surface area contributed by atoms with Gasteiger partial charge in [-0.05, 0) is 80.2 Å². The molecule has 0 saturated carbocycles. The van der Waals surface area contributed by atoms with Crippen LogP contribution in [-0.2, 0) is 12.8 Å². The Bertz CT molecular complexity index is 964. The van der Waals surface area contributed by atoms with Gasteiger partial charge in [0.15, 0.2) is 11.5 Å². The number of rotatable bonds is 8. The highest BCUT2D eigenvalue weighted by atomic mass is 16.7. The molecule has 1 aliphatic heterocycles. The van der Waals surface area contributed by atoms with Gasteiger partial charge in [-0.25, -0.2) is 0 Å². The molecule has 2 N–H and O–H groups in total. The third kappa shape index (κ3) is 3.94. The summed E-state index contributed by atoms with van der Waals surface area (Å²) in [6, 6.07) is 12.4. The maximum Gasteiger partial charge on any atom is 0.231 e. The molecule has 2 heterocycles. The summed E-state index contributed by atoms with van der Waals surface area (Å²) in [5.74, 6) is 3.16. The second-order valence-electron chi connectivity index (χ2n) is 7.59. The minimum atomic E-state index is 0.328. The maximum atomic E-state index is 5.47. The molecular formula is C23H28N2O3. The lowest BCUT2D eigenvalue weighted by Gasteiger charge is -2.13. The molecule has 0 saturated heterocycles. The summed E-state index contributed by atoms with van der Waals surface area (Å²) in [6.45, 7) is 6.69.